The summed E-state index contributed by atoms with van der Waals surface area (Å²) in [4.78, 5) is 23.4. The van der Waals surface area contributed by atoms with Gasteiger partial charge in [-0.05, 0) is 48.7 Å². The summed E-state index contributed by atoms with van der Waals surface area (Å²) in [5, 5.41) is 6.73. The van der Waals surface area contributed by atoms with Crippen molar-refractivity contribution in [1.82, 2.24) is 15.3 Å². The van der Waals surface area contributed by atoms with Gasteiger partial charge in [0.2, 0.25) is 5.95 Å². The van der Waals surface area contributed by atoms with E-state index < -0.39 is 11.8 Å². The molecule has 0 atom stereocenters. The highest BCUT2D eigenvalue weighted by molar-refractivity contribution is 6.31. The van der Waals surface area contributed by atoms with Crippen LogP contribution in [-0.4, -0.2) is 35.3 Å². The molecule has 9 heteroatoms. The number of urea groups is 1. The van der Waals surface area contributed by atoms with Gasteiger partial charge in [-0.3, -0.25) is 0 Å². The van der Waals surface area contributed by atoms with Gasteiger partial charge in [0.05, 0.1) is 5.69 Å². The van der Waals surface area contributed by atoms with Crippen molar-refractivity contribution < 1.29 is 13.9 Å². The van der Waals surface area contributed by atoms with Gasteiger partial charge in [0, 0.05) is 43.1 Å². The number of anilines is 3. The third-order valence-electron chi connectivity index (χ3n) is 5.10. The number of benzene rings is 2. The molecule has 1 aliphatic heterocycles. The van der Waals surface area contributed by atoms with Gasteiger partial charge in [-0.1, -0.05) is 29.8 Å². The van der Waals surface area contributed by atoms with Crippen LogP contribution in [0.2, 0.25) is 5.02 Å². The summed E-state index contributed by atoms with van der Waals surface area (Å²) in [5.74, 6) is 0.382. The second-order valence-corrected chi connectivity index (χ2v) is 7.74. The Morgan fingerprint density at radius 2 is 1.88 bits per heavy atom. The molecule has 0 unspecified atom stereocenters. The van der Waals surface area contributed by atoms with Crippen molar-refractivity contribution in [1.29, 1.82) is 0 Å². The molecule has 1 aliphatic rings. The maximum absolute atomic E-state index is 13.5. The minimum atomic E-state index is -0.424. The third-order valence-corrected chi connectivity index (χ3v) is 5.47. The molecule has 0 saturated carbocycles. The van der Waals surface area contributed by atoms with E-state index in [1.54, 1.807) is 18.3 Å². The lowest BCUT2D eigenvalue weighted by Gasteiger charge is -2.25. The average Bonchev–Trinajstić information content (AvgIpc) is 2.81. The molecule has 166 valence electrons. The fourth-order valence-electron chi connectivity index (χ4n) is 3.40. The number of ether oxygens (including phenoxy) is 1. The zero-order chi connectivity index (χ0) is 22.3. The Hall–Kier alpha value is -3.23. The van der Waals surface area contributed by atoms with Crippen LogP contribution in [0, 0.1) is 5.82 Å². The lowest BCUT2D eigenvalue weighted by atomic mass is 10.1. The zero-order valence-corrected chi connectivity index (χ0v) is 18.1. The van der Waals surface area contributed by atoms with E-state index in [0.29, 0.717) is 35.7 Å². The number of hydrogen-bond donors (Lipinski definition) is 2. The summed E-state index contributed by atoms with van der Waals surface area (Å²) in [5.41, 5.74) is 1.25. The molecule has 0 bridgehead atoms. The number of carbonyl (C=O) groups excluding carboxylic acids is 1. The molecule has 2 heterocycles. The highest BCUT2D eigenvalue weighted by atomic mass is 35.5. The van der Waals surface area contributed by atoms with Gasteiger partial charge in [0.15, 0.2) is 0 Å². The number of nitrogens with zero attached hydrogens (tertiary/aromatic N) is 3. The summed E-state index contributed by atoms with van der Waals surface area (Å²) < 4.78 is 18.9. The fourth-order valence-corrected chi connectivity index (χ4v) is 3.61. The summed E-state index contributed by atoms with van der Waals surface area (Å²) >= 11 is 6.21. The Balaban J connectivity index is 1.58. The van der Waals surface area contributed by atoms with Gasteiger partial charge >= 0.3 is 6.03 Å². The number of carbonyl (C=O) groups is 1. The molecular formula is C23H23ClFN5O2. The Bertz CT molecular complexity index is 1060. The van der Waals surface area contributed by atoms with Gasteiger partial charge in [-0.2, -0.15) is 4.98 Å². The van der Waals surface area contributed by atoms with Gasteiger partial charge in [0.25, 0.3) is 0 Å². The van der Waals surface area contributed by atoms with Crippen molar-refractivity contribution in [3.8, 4) is 0 Å². The van der Waals surface area contributed by atoms with E-state index in [1.165, 1.54) is 29.2 Å². The van der Waals surface area contributed by atoms with Crippen LogP contribution in [0.3, 0.4) is 0 Å². The van der Waals surface area contributed by atoms with Gasteiger partial charge in [-0.15, -0.1) is 0 Å². The van der Waals surface area contributed by atoms with Crippen molar-refractivity contribution in [2.45, 2.75) is 25.4 Å². The first kappa shape index (κ1) is 22.0. The molecule has 32 heavy (non-hydrogen) atoms. The highest BCUT2D eigenvalue weighted by Gasteiger charge is 2.21. The minimum Gasteiger partial charge on any atom is -0.381 e. The number of hydrogen-bond acceptors (Lipinski definition) is 5. The van der Waals surface area contributed by atoms with Crippen LogP contribution in [0.15, 0.2) is 60.8 Å². The van der Waals surface area contributed by atoms with Crippen LogP contribution in [0.5, 0.6) is 0 Å². The van der Waals surface area contributed by atoms with Crippen molar-refractivity contribution in [2.24, 2.45) is 0 Å². The minimum absolute atomic E-state index is 0.201. The van der Waals surface area contributed by atoms with Crippen molar-refractivity contribution in [2.75, 3.05) is 23.4 Å². The summed E-state index contributed by atoms with van der Waals surface area (Å²) in [6.45, 7) is 1.60. The number of nitrogens with one attached hydrogen (secondary N) is 2. The molecule has 0 radical (unpaired) electrons. The second-order valence-electron chi connectivity index (χ2n) is 7.33. The van der Waals surface area contributed by atoms with Crippen LogP contribution < -0.4 is 15.5 Å². The zero-order valence-electron chi connectivity index (χ0n) is 17.3. The predicted octanol–water partition coefficient (Wildman–Crippen LogP) is 4.91. The molecule has 1 fully saturated rings. The highest BCUT2D eigenvalue weighted by Crippen LogP contribution is 2.25. The van der Waals surface area contributed by atoms with Gasteiger partial charge in [0.1, 0.15) is 11.6 Å². The average molecular weight is 456 g/mol. The molecule has 2 N–H and O–H groups in total. The molecule has 1 saturated heterocycles. The Morgan fingerprint density at radius 3 is 2.62 bits per heavy atom. The van der Waals surface area contributed by atoms with E-state index in [4.69, 9.17) is 16.3 Å². The van der Waals surface area contributed by atoms with Crippen molar-refractivity contribution in [3.63, 3.8) is 0 Å². The monoisotopic (exact) mass is 455 g/mol. The van der Waals surface area contributed by atoms with Crippen LogP contribution in [0.1, 0.15) is 18.4 Å². The summed E-state index contributed by atoms with van der Waals surface area (Å²) in [6.07, 6.45) is 3.29. The first-order valence-corrected chi connectivity index (χ1v) is 10.7. The maximum atomic E-state index is 13.5. The van der Waals surface area contributed by atoms with E-state index in [0.717, 1.165) is 18.4 Å². The fraction of sp³-hybridized carbons (Fsp3) is 0.261. The van der Waals surface area contributed by atoms with E-state index in [9.17, 15) is 9.18 Å². The predicted molar refractivity (Wildman–Crippen MR) is 122 cm³/mol. The number of rotatable bonds is 6. The molecule has 4 rings (SSSR count). The number of amides is 2. The molecule has 3 aromatic rings. The Labute approximate surface area is 190 Å². The van der Waals surface area contributed by atoms with Crippen molar-refractivity contribution >= 4 is 35.1 Å². The lowest BCUT2D eigenvalue weighted by molar-refractivity contribution is 0.0903. The third kappa shape index (κ3) is 5.52. The Kier molecular flexibility index (Phi) is 7.14. The lowest BCUT2D eigenvalue weighted by Crippen LogP contribution is -2.37. The van der Waals surface area contributed by atoms with Crippen LogP contribution >= 0.6 is 11.6 Å². The van der Waals surface area contributed by atoms with Gasteiger partial charge < -0.3 is 15.4 Å². The molecular weight excluding hydrogens is 433 g/mol. The molecule has 2 amide bonds. The first-order valence-electron chi connectivity index (χ1n) is 10.3. The summed E-state index contributed by atoms with van der Waals surface area (Å²) in [7, 11) is 0. The molecule has 0 aliphatic carbocycles. The quantitative estimate of drug-likeness (QED) is 0.552. The van der Waals surface area contributed by atoms with E-state index in [-0.39, 0.29) is 12.6 Å². The molecule has 0 spiro atoms. The molecule has 2 aromatic carbocycles. The summed E-state index contributed by atoms with van der Waals surface area (Å²) in [6, 6.07) is 14.3. The first-order chi connectivity index (χ1) is 15.6. The second kappa shape index (κ2) is 10.4. The largest absolute Gasteiger partial charge is 0.381 e. The molecule has 7 nitrogen and oxygen atoms in total. The topological polar surface area (TPSA) is 79.4 Å². The maximum Gasteiger partial charge on any atom is 0.327 e. The van der Waals surface area contributed by atoms with E-state index in [1.807, 2.05) is 18.2 Å². The number of aromatic nitrogens is 2. The van der Waals surface area contributed by atoms with E-state index in [2.05, 4.69) is 20.6 Å². The Morgan fingerprint density at radius 1 is 1.12 bits per heavy atom. The normalized spacial score (nSPS) is 14.1. The van der Waals surface area contributed by atoms with Crippen LogP contribution in [0.4, 0.5) is 26.6 Å². The van der Waals surface area contributed by atoms with Crippen LogP contribution in [0.25, 0.3) is 0 Å². The SMILES string of the molecule is O=C(NCc1ccccc1Cl)N(c1ccc(F)cc1)c1ccnc(NC2CCOCC2)n1. The number of halogens is 2. The smallest absolute Gasteiger partial charge is 0.327 e. The van der Waals surface area contributed by atoms with E-state index >= 15 is 0 Å². The van der Waals surface area contributed by atoms with Crippen LogP contribution in [-0.2, 0) is 11.3 Å². The standard InChI is InChI=1S/C23H23ClFN5O2/c24-20-4-2-1-3-16(20)15-27-23(31)30(19-7-5-17(25)6-8-19)21-9-12-26-22(29-21)28-18-10-13-32-14-11-18/h1-9,12,18H,10-11,13-15H2,(H,27,31)(H,26,28,29). The molecule has 1 aromatic heterocycles. The van der Waals surface area contributed by atoms with Crippen molar-refractivity contribution in [3.05, 3.63) is 77.2 Å². The van der Waals surface area contributed by atoms with Gasteiger partial charge in [-0.25, -0.2) is 19.1 Å².